The molecule has 0 radical (unpaired) electrons. The van der Waals surface area contributed by atoms with E-state index in [1.54, 1.807) is 4.90 Å². The third kappa shape index (κ3) is 6.37. The number of carbonyl (C=O) groups is 2. The molecule has 1 aliphatic carbocycles. The van der Waals surface area contributed by atoms with Gasteiger partial charge in [-0.25, -0.2) is 4.98 Å². The molecule has 6 nitrogen and oxygen atoms in total. The number of ether oxygens (including phenoxy) is 1. The van der Waals surface area contributed by atoms with Gasteiger partial charge >= 0.3 is 0 Å². The van der Waals surface area contributed by atoms with E-state index in [9.17, 15) is 9.59 Å². The number of amides is 2. The van der Waals surface area contributed by atoms with Crippen LogP contribution in [0.5, 0.6) is 0 Å². The number of aromatic nitrogens is 1. The predicted molar refractivity (Wildman–Crippen MR) is 115 cm³/mol. The minimum atomic E-state index is -0.208. The number of nitrogens with zero attached hydrogens (tertiary/aromatic N) is 2. The first-order valence-corrected chi connectivity index (χ1v) is 11.0. The molecule has 29 heavy (non-hydrogen) atoms. The quantitative estimate of drug-likeness (QED) is 0.705. The molecule has 1 aliphatic rings. The van der Waals surface area contributed by atoms with Crippen LogP contribution in [-0.4, -0.2) is 40.9 Å². The Labute approximate surface area is 176 Å². The number of carbonyl (C=O) groups excluding carboxylic acids is 2. The van der Waals surface area contributed by atoms with Gasteiger partial charge in [-0.2, -0.15) is 0 Å². The average Bonchev–Trinajstić information content (AvgIpc) is 3.04. The molecule has 0 aliphatic heterocycles. The molecular weight excluding hydrogens is 386 g/mol. The second-order valence-electron chi connectivity index (χ2n) is 7.50. The van der Waals surface area contributed by atoms with Crippen LogP contribution in [0.3, 0.4) is 0 Å². The smallest absolute Gasteiger partial charge is 0.249 e. The van der Waals surface area contributed by atoms with E-state index in [0.717, 1.165) is 41.8 Å². The summed E-state index contributed by atoms with van der Waals surface area (Å²) < 4.78 is 5.64. The van der Waals surface area contributed by atoms with Gasteiger partial charge in [0.15, 0.2) is 5.13 Å². The van der Waals surface area contributed by atoms with Gasteiger partial charge in [0.05, 0.1) is 12.3 Å². The fraction of sp³-hybridized carbons (Fsp3) is 0.500. The lowest BCUT2D eigenvalue weighted by Crippen LogP contribution is -2.47. The van der Waals surface area contributed by atoms with E-state index < -0.39 is 0 Å². The Bertz CT molecular complexity index is 796. The average molecular weight is 416 g/mol. The normalized spacial score (nSPS) is 14.6. The molecule has 3 rings (SSSR count). The molecule has 0 spiro atoms. The number of nitrogens with one attached hydrogen (secondary N) is 1. The lowest BCUT2D eigenvalue weighted by Gasteiger charge is -2.33. The van der Waals surface area contributed by atoms with Crippen molar-refractivity contribution >= 4 is 28.3 Å². The molecule has 1 heterocycles. The molecule has 156 valence electrons. The molecule has 1 aromatic carbocycles. The second-order valence-corrected chi connectivity index (χ2v) is 8.70. The number of hydrogen-bond acceptors (Lipinski definition) is 5. The number of anilines is 1. The Kier molecular flexibility index (Phi) is 7.77. The van der Waals surface area contributed by atoms with Gasteiger partial charge in [0, 0.05) is 10.9 Å². The zero-order valence-corrected chi connectivity index (χ0v) is 18.0. The first-order chi connectivity index (χ1) is 14.0. The molecule has 1 fully saturated rings. The van der Waals surface area contributed by atoms with E-state index in [2.05, 4.69) is 10.3 Å². The Morgan fingerprint density at radius 3 is 2.55 bits per heavy atom. The molecular formula is C22H29N3O3S. The Morgan fingerprint density at radius 1 is 1.17 bits per heavy atom. The number of hydrogen-bond donors (Lipinski definition) is 1. The van der Waals surface area contributed by atoms with Gasteiger partial charge in [-0.15, -0.1) is 11.3 Å². The Balaban J connectivity index is 1.58. The maximum absolute atomic E-state index is 12.9. The highest BCUT2D eigenvalue weighted by atomic mass is 32.1. The lowest BCUT2D eigenvalue weighted by atomic mass is 9.94. The summed E-state index contributed by atoms with van der Waals surface area (Å²) in [6.07, 6.45) is 5.24. The van der Waals surface area contributed by atoms with Crippen LogP contribution in [0.4, 0.5) is 5.13 Å². The zero-order valence-electron chi connectivity index (χ0n) is 17.1. The van der Waals surface area contributed by atoms with Crippen molar-refractivity contribution in [1.29, 1.82) is 0 Å². The van der Waals surface area contributed by atoms with Crippen molar-refractivity contribution in [3.05, 3.63) is 46.5 Å². The van der Waals surface area contributed by atoms with Gasteiger partial charge in [0.25, 0.3) is 0 Å². The molecule has 1 saturated carbocycles. The Hall–Kier alpha value is -2.25. The van der Waals surface area contributed by atoms with Crippen LogP contribution in [0.1, 0.15) is 48.2 Å². The van der Waals surface area contributed by atoms with Crippen LogP contribution >= 0.6 is 11.3 Å². The number of thiazole rings is 1. The van der Waals surface area contributed by atoms with Crippen LogP contribution < -0.4 is 5.32 Å². The van der Waals surface area contributed by atoms with Gasteiger partial charge < -0.3 is 15.0 Å². The molecule has 7 heteroatoms. The fourth-order valence-electron chi connectivity index (χ4n) is 3.57. The standard InChI is InChI=1S/C22H29N3O3S/c1-16-17(2)29-22(23-16)24-20(26)13-25(19-11-7-4-8-12-19)21(27)15-28-14-18-9-5-3-6-10-18/h3,5-6,9-10,19H,4,7-8,11-15H2,1-2H3,(H,23,24,26). The monoisotopic (exact) mass is 415 g/mol. The minimum absolute atomic E-state index is 0.0197. The molecule has 2 amide bonds. The molecule has 0 bridgehead atoms. The molecule has 0 saturated heterocycles. The molecule has 2 aromatic rings. The topological polar surface area (TPSA) is 71.5 Å². The van der Waals surface area contributed by atoms with Crippen molar-refractivity contribution in [3.8, 4) is 0 Å². The van der Waals surface area contributed by atoms with Crippen molar-refractivity contribution in [2.75, 3.05) is 18.5 Å². The molecule has 1 aromatic heterocycles. The van der Waals surface area contributed by atoms with Crippen molar-refractivity contribution in [3.63, 3.8) is 0 Å². The summed E-state index contributed by atoms with van der Waals surface area (Å²) in [5, 5.41) is 3.43. The summed E-state index contributed by atoms with van der Waals surface area (Å²) in [7, 11) is 0. The fourth-order valence-corrected chi connectivity index (χ4v) is 4.40. The van der Waals surface area contributed by atoms with E-state index >= 15 is 0 Å². The zero-order chi connectivity index (χ0) is 20.6. The maximum Gasteiger partial charge on any atom is 0.249 e. The van der Waals surface area contributed by atoms with Crippen LogP contribution in [-0.2, 0) is 20.9 Å². The van der Waals surface area contributed by atoms with Crippen molar-refractivity contribution < 1.29 is 14.3 Å². The summed E-state index contributed by atoms with van der Waals surface area (Å²) in [4.78, 5) is 32.6. The van der Waals surface area contributed by atoms with E-state index in [1.807, 2.05) is 44.2 Å². The van der Waals surface area contributed by atoms with Gasteiger partial charge in [0.1, 0.15) is 13.2 Å². The summed E-state index contributed by atoms with van der Waals surface area (Å²) >= 11 is 1.45. The number of aryl methyl sites for hydroxylation is 2. The summed E-state index contributed by atoms with van der Waals surface area (Å²) in [5.41, 5.74) is 1.94. The summed E-state index contributed by atoms with van der Waals surface area (Å²) in [6, 6.07) is 9.87. The predicted octanol–water partition coefficient (Wildman–Crippen LogP) is 4.08. The maximum atomic E-state index is 12.9. The van der Waals surface area contributed by atoms with E-state index in [1.165, 1.54) is 17.8 Å². The Morgan fingerprint density at radius 2 is 1.90 bits per heavy atom. The molecule has 0 atom stereocenters. The second kappa shape index (κ2) is 10.5. The third-order valence-corrected chi connectivity index (χ3v) is 6.25. The first kappa shape index (κ1) is 21.5. The third-order valence-electron chi connectivity index (χ3n) is 5.26. The van der Waals surface area contributed by atoms with E-state index in [4.69, 9.17) is 4.74 Å². The lowest BCUT2D eigenvalue weighted by molar-refractivity contribution is -0.142. The van der Waals surface area contributed by atoms with E-state index in [-0.39, 0.29) is 31.0 Å². The van der Waals surface area contributed by atoms with Crippen molar-refractivity contribution in [2.24, 2.45) is 0 Å². The van der Waals surface area contributed by atoms with Gasteiger partial charge in [-0.1, -0.05) is 49.6 Å². The van der Waals surface area contributed by atoms with Crippen LogP contribution in [0.25, 0.3) is 0 Å². The van der Waals surface area contributed by atoms with Gasteiger partial charge in [-0.05, 0) is 32.3 Å². The first-order valence-electron chi connectivity index (χ1n) is 10.2. The highest BCUT2D eigenvalue weighted by molar-refractivity contribution is 7.15. The molecule has 0 unspecified atom stereocenters. The van der Waals surface area contributed by atoms with Gasteiger partial charge in [-0.3, -0.25) is 9.59 Å². The largest absolute Gasteiger partial charge is 0.367 e. The summed E-state index contributed by atoms with van der Waals surface area (Å²) in [5.74, 6) is -0.338. The van der Waals surface area contributed by atoms with Gasteiger partial charge in [0.2, 0.25) is 11.8 Å². The van der Waals surface area contributed by atoms with Crippen LogP contribution in [0, 0.1) is 13.8 Å². The van der Waals surface area contributed by atoms with Crippen LogP contribution in [0.15, 0.2) is 30.3 Å². The van der Waals surface area contributed by atoms with Crippen LogP contribution in [0.2, 0.25) is 0 Å². The van der Waals surface area contributed by atoms with Crippen molar-refractivity contribution in [2.45, 2.75) is 58.6 Å². The number of benzene rings is 1. The van der Waals surface area contributed by atoms with Crippen molar-refractivity contribution in [1.82, 2.24) is 9.88 Å². The molecule has 1 N–H and O–H groups in total. The highest BCUT2D eigenvalue weighted by Gasteiger charge is 2.27. The minimum Gasteiger partial charge on any atom is -0.367 e. The highest BCUT2D eigenvalue weighted by Crippen LogP contribution is 2.24. The number of rotatable bonds is 8. The van der Waals surface area contributed by atoms with E-state index in [0.29, 0.717) is 11.7 Å². The SMILES string of the molecule is Cc1nc(NC(=O)CN(C(=O)COCc2ccccc2)C2CCCCC2)sc1C. The summed E-state index contributed by atoms with van der Waals surface area (Å²) in [6.45, 7) is 4.30.